The first kappa shape index (κ1) is 11.5. The van der Waals surface area contributed by atoms with Crippen LogP contribution in [-0.4, -0.2) is 17.8 Å². The van der Waals surface area contributed by atoms with E-state index in [0.717, 1.165) is 38.5 Å². The molecule has 0 aromatic carbocycles. The van der Waals surface area contributed by atoms with Gasteiger partial charge in [-0.1, -0.05) is 12.8 Å². The molecule has 1 aliphatic rings. The van der Waals surface area contributed by atoms with Crippen molar-refractivity contribution in [2.75, 3.05) is 6.67 Å². The second kappa shape index (κ2) is 5.99. The minimum atomic E-state index is -0.646. The SMILES string of the molecule is O=C(O)C1CCC(CCCCF)CC1. The van der Waals surface area contributed by atoms with Crippen molar-refractivity contribution in [1.82, 2.24) is 0 Å². The molecule has 0 atom stereocenters. The zero-order valence-corrected chi connectivity index (χ0v) is 8.54. The second-order valence-electron chi connectivity index (χ2n) is 4.24. The van der Waals surface area contributed by atoms with Crippen LogP contribution in [0.3, 0.4) is 0 Å². The molecule has 0 bridgehead atoms. The molecule has 0 unspecified atom stereocenters. The molecule has 1 aliphatic carbocycles. The van der Waals surface area contributed by atoms with Crippen molar-refractivity contribution >= 4 is 5.97 Å². The number of halogens is 1. The third-order valence-corrected chi connectivity index (χ3v) is 3.19. The summed E-state index contributed by atoms with van der Waals surface area (Å²) in [5.41, 5.74) is 0. The maximum atomic E-state index is 11.8. The highest BCUT2D eigenvalue weighted by molar-refractivity contribution is 5.69. The third-order valence-electron chi connectivity index (χ3n) is 3.19. The van der Waals surface area contributed by atoms with Crippen molar-refractivity contribution < 1.29 is 14.3 Å². The van der Waals surface area contributed by atoms with Crippen LogP contribution in [0, 0.1) is 11.8 Å². The Bertz CT molecular complexity index is 174. The number of unbranched alkanes of at least 4 members (excludes halogenated alkanes) is 1. The molecule has 1 saturated carbocycles. The van der Waals surface area contributed by atoms with Gasteiger partial charge in [-0.3, -0.25) is 9.18 Å². The molecule has 14 heavy (non-hydrogen) atoms. The molecule has 0 heterocycles. The van der Waals surface area contributed by atoms with Crippen LogP contribution in [0.2, 0.25) is 0 Å². The number of aliphatic carboxylic acids is 1. The molecule has 3 heteroatoms. The van der Waals surface area contributed by atoms with Gasteiger partial charge in [-0.25, -0.2) is 0 Å². The highest BCUT2D eigenvalue weighted by atomic mass is 19.1. The van der Waals surface area contributed by atoms with Crippen LogP contribution in [0.5, 0.6) is 0 Å². The van der Waals surface area contributed by atoms with Crippen molar-refractivity contribution in [3.63, 3.8) is 0 Å². The van der Waals surface area contributed by atoms with Gasteiger partial charge in [-0.2, -0.15) is 0 Å². The van der Waals surface area contributed by atoms with Crippen molar-refractivity contribution in [2.45, 2.75) is 44.9 Å². The van der Waals surface area contributed by atoms with Crippen LogP contribution in [0.4, 0.5) is 4.39 Å². The van der Waals surface area contributed by atoms with E-state index >= 15 is 0 Å². The maximum Gasteiger partial charge on any atom is 0.306 e. The molecule has 0 aliphatic heterocycles. The van der Waals surface area contributed by atoms with E-state index in [9.17, 15) is 9.18 Å². The zero-order valence-electron chi connectivity index (χ0n) is 8.54. The second-order valence-corrected chi connectivity index (χ2v) is 4.24. The van der Waals surface area contributed by atoms with Crippen LogP contribution >= 0.6 is 0 Å². The van der Waals surface area contributed by atoms with E-state index in [2.05, 4.69) is 0 Å². The largest absolute Gasteiger partial charge is 0.481 e. The van der Waals surface area contributed by atoms with E-state index in [-0.39, 0.29) is 12.6 Å². The quantitative estimate of drug-likeness (QED) is 0.696. The maximum absolute atomic E-state index is 11.8. The topological polar surface area (TPSA) is 37.3 Å². The van der Waals surface area contributed by atoms with Gasteiger partial charge in [0.2, 0.25) is 0 Å². The summed E-state index contributed by atoms with van der Waals surface area (Å²) < 4.78 is 11.8. The van der Waals surface area contributed by atoms with Crippen LogP contribution in [-0.2, 0) is 4.79 Å². The first-order valence-corrected chi connectivity index (χ1v) is 5.52. The van der Waals surface area contributed by atoms with Gasteiger partial charge in [-0.15, -0.1) is 0 Å². The van der Waals surface area contributed by atoms with E-state index in [1.807, 2.05) is 0 Å². The molecule has 1 N–H and O–H groups in total. The van der Waals surface area contributed by atoms with Crippen LogP contribution < -0.4 is 0 Å². The number of alkyl halides is 1. The zero-order chi connectivity index (χ0) is 10.4. The Morgan fingerprint density at radius 2 is 1.86 bits per heavy atom. The molecule has 0 aromatic rings. The standard InChI is InChI=1S/C11H19FO2/c12-8-2-1-3-9-4-6-10(7-5-9)11(13)14/h9-10H,1-8H2,(H,13,14). The first-order valence-electron chi connectivity index (χ1n) is 5.52. The summed E-state index contributed by atoms with van der Waals surface area (Å²) in [6.07, 6.45) is 6.37. The lowest BCUT2D eigenvalue weighted by Gasteiger charge is -2.25. The minimum Gasteiger partial charge on any atom is -0.481 e. The summed E-state index contributed by atoms with van der Waals surface area (Å²) in [6, 6.07) is 0. The summed E-state index contributed by atoms with van der Waals surface area (Å²) in [7, 11) is 0. The van der Waals surface area contributed by atoms with Gasteiger partial charge in [0, 0.05) is 0 Å². The highest BCUT2D eigenvalue weighted by Gasteiger charge is 2.25. The lowest BCUT2D eigenvalue weighted by atomic mass is 9.80. The van der Waals surface area contributed by atoms with E-state index in [1.165, 1.54) is 0 Å². The third kappa shape index (κ3) is 3.64. The fourth-order valence-electron chi connectivity index (χ4n) is 2.23. The fraction of sp³-hybridized carbons (Fsp3) is 0.909. The van der Waals surface area contributed by atoms with Crippen molar-refractivity contribution in [3.05, 3.63) is 0 Å². The summed E-state index contributed by atoms with van der Waals surface area (Å²) in [5.74, 6) is -0.114. The Kier molecular flexibility index (Phi) is 4.91. The number of rotatable bonds is 5. The summed E-state index contributed by atoms with van der Waals surface area (Å²) in [6.45, 7) is -0.218. The normalized spacial score (nSPS) is 27.5. The Morgan fingerprint density at radius 3 is 2.36 bits per heavy atom. The van der Waals surface area contributed by atoms with Crippen molar-refractivity contribution in [1.29, 1.82) is 0 Å². The van der Waals surface area contributed by atoms with Crippen LogP contribution in [0.15, 0.2) is 0 Å². The molecular weight excluding hydrogens is 183 g/mol. The summed E-state index contributed by atoms with van der Waals surface area (Å²) in [4.78, 5) is 10.7. The van der Waals surface area contributed by atoms with Gasteiger partial charge < -0.3 is 5.11 Å². The minimum absolute atomic E-state index is 0.118. The van der Waals surface area contributed by atoms with Gasteiger partial charge in [0.1, 0.15) is 0 Å². The molecule has 1 fully saturated rings. The van der Waals surface area contributed by atoms with Crippen LogP contribution in [0.1, 0.15) is 44.9 Å². The first-order chi connectivity index (χ1) is 6.74. The van der Waals surface area contributed by atoms with Gasteiger partial charge in [-0.05, 0) is 38.0 Å². The van der Waals surface area contributed by atoms with Crippen molar-refractivity contribution in [2.24, 2.45) is 11.8 Å². The van der Waals surface area contributed by atoms with Gasteiger partial charge in [0.25, 0.3) is 0 Å². The van der Waals surface area contributed by atoms with Gasteiger partial charge >= 0.3 is 5.97 Å². The Balaban J connectivity index is 2.12. The molecule has 0 amide bonds. The fourth-order valence-corrected chi connectivity index (χ4v) is 2.23. The van der Waals surface area contributed by atoms with Crippen LogP contribution in [0.25, 0.3) is 0 Å². The molecule has 0 aromatic heterocycles. The summed E-state index contributed by atoms with van der Waals surface area (Å²) >= 11 is 0. The predicted octanol–water partition coefficient (Wildman–Crippen LogP) is 3.02. The molecule has 0 radical (unpaired) electrons. The molecule has 1 rings (SSSR count). The van der Waals surface area contributed by atoms with Gasteiger partial charge in [0.15, 0.2) is 0 Å². The average molecular weight is 202 g/mol. The molecule has 0 spiro atoms. The lowest BCUT2D eigenvalue weighted by Crippen LogP contribution is -2.21. The summed E-state index contributed by atoms with van der Waals surface area (Å²) in [5, 5.41) is 8.79. The molecule has 0 saturated heterocycles. The number of carbonyl (C=O) groups is 1. The number of hydrogen-bond donors (Lipinski definition) is 1. The Morgan fingerprint density at radius 1 is 1.21 bits per heavy atom. The highest BCUT2D eigenvalue weighted by Crippen LogP contribution is 2.31. The predicted molar refractivity (Wildman–Crippen MR) is 52.9 cm³/mol. The number of carboxylic acid groups (broad SMARTS) is 1. The smallest absolute Gasteiger partial charge is 0.306 e. The average Bonchev–Trinajstić information content (AvgIpc) is 2.19. The lowest BCUT2D eigenvalue weighted by molar-refractivity contribution is -0.143. The number of carboxylic acids is 1. The monoisotopic (exact) mass is 202 g/mol. The van der Waals surface area contributed by atoms with E-state index in [0.29, 0.717) is 12.3 Å². The van der Waals surface area contributed by atoms with E-state index < -0.39 is 5.97 Å². The molecule has 82 valence electrons. The Hall–Kier alpha value is -0.600. The van der Waals surface area contributed by atoms with E-state index in [4.69, 9.17) is 5.11 Å². The van der Waals surface area contributed by atoms with Gasteiger partial charge in [0.05, 0.1) is 12.6 Å². The van der Waals surface area contributed by atoms with Crippen molar-refractivity contribution in [3.8, 4) is 0 Å². The molecule has 2 nitrogen and oxygen atoms in total. The molecular formula is C11H19FO2. The Labute approximate surface area is 84.5 Å². The number of hydrogen-bond acceptors (Lipinski definition) is 1. The van der Waals surface area contributed by atoms with E-state index in [1.54, 1.807) is 0 Å².